The molecule has 0 aliphatic heterocycles. The first-order chi connectivity index (χ1) is 11.7. The van der Waals surface area contributed by atoms with Gasteiger partial charge in [-0.05, 0) is 25.2 Å². The predicted octanol–water partition coefficient (Wildman–Crippen LogP) is 4.24. The van der Waals surface area contributed by atoms with Crippen LogP contribution >= 0.6 is 0 Å². The molecule has 0 unspecified atom stereocenters. The topological polar surface area (TPSA) is 54.7 Å². The van der Waals surface area contributed by atoms with Gasteiger partial charge in [-0.1, -0.05) is 49.3 Å². The van der Waals surface area contributed by atoms with Gasteiger partial charge in [0.05, 0.1) is 11.9 Å². The van der Waals surface area contributed by atoms with Gasteiger partial charge in [0.2, 0.25) is 0 Å². The smallest absolute Gasteiger partial charge is 0.143 e. The largest absolute Gasteiger partial charge is 0.361 e. The lowest BCUT2D eigenvalue weighted by molar-refractivity contribution is 0.172. The van der Waals surface area contributed by atoms with Crippen molar-refractivity contribution in [1.82, 2.24) is 15.1 Å². The van der Waals surface area contributed by atoms with Crippen LogP contribution in [-0.4, -0.2) is 15.1 Å². The molecule has 2 aromatic heterocycles. The predicted molar refractivity (Wildman–Crippen MR) is 91.8 cm³/mol. The summed E-state index contributed by atoms with van der Waals surface area (Å²) in [5.74, 6) is 3.02. The number of imidazole rings is 1. The zero-order valence-electron chi connectivity index (χ0n) is 14.0. The number of rotatable bonds is 1. The highest BCUT2D eigenvalue weighted by Gasteiger charge is 2.50. The van der Waals surface area contributed by atoms with E-state index in [0.29, 0.717) is 11.8 Å². The van der Waals surface area contributed by atoms with Crippen LogP contribution < -0.4 is 0 Å². The van der Waals surface area contributed by atoms with Crippen LogP contribution in [0.25, 0.3) is 11.4 Å². The van der Waals surface area contributed by atoms with Crippen LogP contribution in [0.15, 0.2) is 41.1 Å². The number of hydrogen-bond donors (Lipinski definition) is 1. The molecular formula is C20H21N3O. The van der Waals surface area contributed by atoms with Gasteiger partial charge in [-0.3, -0.25) is 0 Å². The molecule has 1 N–H and O–H groups in total. The maximum Gasteiger partial charge on any atom is 0.143 e. The van der Waals surface area contributed by atoms with Gasteiger partial charge in [0.15, 0.2) is 0 Å². The molecule has 2 aliphatic rings. The normalized spacial score (nSPS) is 28.1. The van der Waals surface area contributed by atoms with Crippen LogP contribution in [-0.2, 0) is 18.3 Å². The second kappa shape index (κ2) is 4.82. The Kier molecular flexibility index (Phi) is 2.82. The zero-order valence-corrected chi connectivity index (χ0v) is 14.0. The van der Waals surface area contributed by atoms with Gasteiger partial charge in [-0.15, -0.1) is 0 Å². The molecule has 0 saturated heterocycles. The van der Waals surface area contributed by atoms with E-state index in [1.807, 2.05) is 12.3 Å². The Morgan fingerprint density at radius 3 is 2.92 bits per heavy atom. The number of aromatic nitrogens is 3. The van der Waals surface area contributed by atoms with Gasteiger partial charge in [-0.25, -0.2) is 4.98 Å². The summed E-state index contributed by atoms with van der Waals surface area (Å²) in [5.41, 5.74) is 5.01. The Labute approximate surface area is 141 Å². The molecule has 3 atom stereocenters. The van der Waals surface area contributed by atoms with Crippen molar-refractivity contribution in [2.24, 2.45) is 5.92 Å². The maximum absolute atomic E-state index is 5.55. The van der Waals surface area contributed by atoms with Crippen LogP contribution in [0.1, 0.15) is 48.9 Å². The number of benzene rings is 1. The minimum atomic E-state index is 0.0507. The number of nitrogens with one attached hydrogen (secondary N) is 1. The second-order valence-electron chi connectivity index (χ2n) is 7.52. The Balaban J connectivity index is 1.64. The standard InChI is InChI=1S/C20H21N3O/c1-12-15-8-9-16-18(20(15,2)10-14-11-21-24-17(12)14)23-19(22-16)13-6-4-3-5-7-13/h3-7,11-12,15H,8-10H2,1-2H3,(H,22,23)/t12-,15-,20-/m0/s1. The molecule has 2 aliphatic carbocycles. The molecule has 1 aromatic carbocycles. The van der Waals surface area contributed by atoms with E-state index in [1.165, 1.54) is 23.4 Å². The highest BCUT2D eigenvalue weighted by atomic mass is 16.5. The number of hydrogen-bond acceptors (Lipinski definition) is 3. The third kappa shape index (κ3) is 1.80. The van der Waals surface area contributed by atoms with E-state index in [2.05, 4.69) is 48.3 Å². The van der Waals surface area contributed by atoms with Crippen LogP contribution in [0.4, 0.5) is 0 Å². The third-order valence-electron chi connectivity index (χ3n) is 6.14. The first kappa shape index (κ1) is 14.0. The molecule has 3 aromatic rings. The highest BCUT2D eigenvalue weighted by molar-refractivity contribution is 5.57. The molecule has 0 bridgehead atoms. The van der Waals surface area contributed by atoms with E-state index < -0.39 is 0 Å². The van der Waals surface area contributed by atoms with Crippen LogP contribution in [0.2, 0.25) is 0 Å². The lowest BCUT2D eigenvalue weighted by atomic mass is 9.57. The first-order valence-corrected chi connectivity index (χ1v) is 8.75. The quantitative estimate of drug-likeness (QED) is 0.729. The minimum absolute atomic E-state index is 0.0507. The number of fused-ring (bicyclic) bond motifs is 4. The molecule has 0 spiro atoms. The molecular weight excluding hydrogens is 298 g/mol. The van der Waals surface area contributed by atoms with Gasteiger partial charge < -0.3 is 9.51 Å². The van der Waals surface area contributed by atoms with Crippen molar-refractivity contribution in [2.45, 2.75) is 44.4 Å². The van der Waals surface area contributed by atoms with Gasteiger partial charge in [0.1, 0.15) is 11.6 Å². The summed E-state index contributed by atoms with van der Waals surface area (Å²) in [5, 5.41) is 4.05. The molecule has 0 amide bonds. The fourth-order valence-corrected chi connectivity index (χ4v) is 4.96. The summed E-state index contributed by atoms with van der Waals surface area (Å²) in [6.45, 7) is 4.65. The van der Waals surface area contributed by atoms with Gasteiger partial charge in [0, 0.05) is 28.2 Å². The molecule has 122 valence electrons. The Bertz CT molecular complexity index is 895. The maximum atomic E-state index is 5.55. The van der Waals surface area contributed by atoms with E-state index in [4.69, 9.17) is 9.51 Å². The van der Waals surface area contributed by atoms with Crippen molar-refractivity contribution in [3.63, 3.8) is 0 Å². The lowest BCUT2D eigenvalue weighted by Crippen LogP contribution is -2.44. The monoisotopic (exact) mass is 319 g/mol. The summed E-state index contributed by atoms with van der Waals surface area (Å²) in [6.07, 6.45) is 5.09. The van der Waals surface area contributed by atoms with Gasteiger partial charge >= 0.3 is 0 Å². The van der Waals surface area contributed by atoms with E-state index in [9.17, 15) is 0 Å². The summed E-state index contributed by atoms with van der Waals surface area (Å²) in [7, 11) is 0. The van der Waals surface area contributed by atoms with Crippen molar-refractivity contribution in [2.75, 3.05) is 0 Å². The first-order valence-electron chi connectivity index (χ1n) is 8.75. The van der Waals surface area contributed by atoms with Gasteiger partial charge in [-0.2, -0.15) is 0 Å². The van der Waals surface area contributed by atoms with Crippen molar-refractivity contribution >= 4 is 0 Å². The van der Waals surface area contributed by atoms with E-state index in [1.54, 1.807) is 0 Å². The van der Waals surface area contributed by atoms with Crippen molar-refractivity contribution in [3.05, 3.63) is 59.2 Å². The fourth-order valence-electron chi connectivity index (χ4n) is 4.96. The van der Waals surface area contributed by atoms with E-state index in [0.717, 1.165) is 30.0 Å². The molecule has 4 nitrogen and oxygen atoms in total. The number of aromatic amines is 1. The second-order valence-corrected chi connectivity index (χ2v) is 7.52. The van der Waals surface area contributed by atoms with Gasteiger partial charge in [0.25, 0.3) is 0 Å². The molecule has 5 rings (SSSR count). The molecule has 2 heterocycles. The fraction of sp³-hybridized carbons (Fsp3) is 0.400. The molecule has 0 fully saturated rings. The Morgan fingerprint density at radius 2 is 2.08 bits per heavy atom. The van der Waals surface area contributed by atoms with Crippen molar-refractivity contribution < 1.29 is 4.52 Å². The summed E-state index contributed by atoms with van der Waals surface area (Å²) in [4.78, 5) is 8.65. The number of nitrogens with zero attached hydrogens (tertiary/aromatic N) is 2. The van der Waals surface area contributed by atoms with Crippen LogP contribution in [0.5, 0.6) is 0 Å². The Hall–Kier alpha value is -2.36. The molecule has 0 radical (unpaired) electrons. The molecule has 4 heteroatoms. The summed E-state index contributed by atoms with van der Waals surface area (Å²) >= 11 is 0. The van der Waals surface area contributed by atoms with Crippen molar-refractivity contribution in [3.8, 4) is 11.4 Å². The Morgan fingerprint density at radius 1 is 1.25 bits per heavy atom. The molecule has 24 heavy (non-hydrogen) atoms. The van der Waals surface area contributed by atoms with E-state index >= 15 is 0 Å². The van der Waals surface area contributed by atoms with Crippen LogP contribution in [0, 0.1) is 5.92 Å². The minimum Gasteiger partial charge on any atom is -0.361 e. The SMILES string of the molecule is C[C@@H]1c2oncc2C[C@]2(C)c3nc(-c4ccccc4)[nH]c3CC[C@@H]12. The molecule has 0 saturated carbocycles. The lowest BCUT2D eigenvalue weighted by Gasteiger charge is -2.46. The zero-order chi connectivity index (χ0) is 16.3. The van der Waals surface area contributed by atoms with Crippen molar-refractivity contribution in [1.29, 1.82) is 0 Å². The van der Waals surface area contributed by atoms with Crippen LogP contribution in [0.3, 0.4) is 0 Å². The highest BCUT2D eigenvalue weighted by Crippen LogP contribution is 2.53. The summed E-state index contributed by atoms with van der Waals surface area (Å²) < 4.78 is 5.55. The number of aryl methyl sites for hydroxylation is 1. The third-order valence-corrected chi connectivity index (χ3v) is 6.14. The number of H-pyrrole nitrogens is 1. The average Bonchev–Trinajstić information content (AvgIpc) is 3.22. The van der Waals surface area contributed by atoms with E-state index in [-0.39, 0.29) is 5.41 Å². The average molecular weight is 319 g/mol. The summed E-state index contributed by atoms with van der Waals surface area (Å²) in [6, 6.07) is 10.4.